The van der Waals surface area contributed by atoms with Gasteiger partial charge in [0.2, 0.25) is 0 Å². The molecule has 5 nitrogen and oxygen atoms in total. The fourth-order valence-electron chi connectivity index (χ4n) is 3.24. The van der Waals surface area contributed by atoms with Gasteiger partial charge in [0.05, 0.1) is 11.9 Å². The van der Waals surface area contributed by atoms with Crippen molar-refractivity contribution in [2.24, 2.45) is 7.05 Å². The molecule has 0 amide bonds. The van der Waals surface area contributed by atoms with Crippen LogP contribution in [0.15, 0.2) is 39.7 Å². The number of hydrogen-bond donors (Lipinski definition) is 1. The first-order valence-electron chi connectivity index (χ1n) is 8.90. The van der Waals surface area contributed by atoms with E-state index in [-0.39, 0.29) is 5.56 Å². The first-order chi connectivity index (χ1) is 12.1. The largest absolute Gasteiger partial charge is 0.379 e. The first-order valence-corrected chi connectivity index (χ1v) is 9.69. The van der Waals surface area contributed by atoms with Gasteiger partial charge < -0.3 is 5.32 Å². The number of likely N-dealkylation sites (tertiary alicyclic amines) is 1. The number of halogens is 1. The summed E-state index contributed by atoms with van der Waals surface area (Å²) in [6.07, 6.45) is 6.98. The lowest BCUT2D eigenvalue weighted by Gasteiger charge is -2.22. The summed E-state index contributed by atoms with van der Waals surface area (Å²) in [5, 5.41) is 7.43. The summed E-state index contributed by atoms with van der Waals surface area (Å²) in [7, 11) is 1.65. The molecule has 3 rings (SSSR count). The number of rotatable bonds is 5. The second-order valence-electron chi connectivity index (χ2n) is 6.61. The smallest absolute Gasteiger partial charge is 0.282 e. The van der Waals surface area contributed by atoms with E-state index < -0.39 is 0 Å². The number of aromatic nitrogens is 2. The molecule has 1 aliphatic rings. The lowest BCUT2D eigenvalue weighted by Crippen LogP contribution is -2.25. The molecule has 6 heteroatoms. The molecule has 0 spiro atoms. The standard InChI is InChI=1S/C19H25BrN4O/c1-23-19(25)18(20)17(13-22-23)21-12-15-8-4-5-9-16(15)14-24-10-6-2-3-7-11-24/h4-5,8-9,13,21H,2-3,6-7,10-12,14H2,1H3. The zero-order chi connectivity index (χ0) is 17.6. The highest BCUT2D eigenvalue weighted by Crippen LogP contribution is 2.20. The van der Waals surface area contributed by atoms with Crippen molar-refractivity contribution in [2.75, 3.05) is 18.4 Å². The van der Waals surface area contributed by atoms with Gasteiger partial charge in [0, 0.05) is 20.1 Å². The Hall–Kier alpha value is -1.66. The lowest BCUT2D eigenvalue weighted by molar-refractivity contribution is 0.276. The van der Waals surface area contributed by atoms with Crippen molar-refractivity contribution in [1.82, 2.24) is 14.7 Å². The van der Waals surface area contributed by atoms with Crippen LogP contribution in [0.1, 0.15) is 36.8 Å². The van der Waals surface area contributed by atoms with Gasteiger partial charge in [0.1, 0.15) is 4.47 Å². The fraction of sp³-hybridized carbons (Fsp3) is 0.474. The van der Waals surface area contributed by atoms with Gasteiger partial charge in [0.15, 0.2) is 0 Å². The zero-order valence-corrected chi connectivity index (χ0v) is 16.3. The van der Waals surface area contributed by atoms with E-state index in [2.05, 4.69) is 55.5 Å². The van der Waals surface area contributed by atoms with Crippen LogP contribution in [0.4, 0.5) is 5.69 Å². The summed E-state index contributed by atoms with van der Waals surface area (Å²) in [5.74, 6) is 0. The molecular formula is C19H25BrN4O. The third-order valence-corrected chi connectivity index (χ3v) is 5.52. The topological polar surface area (TPSA) is 50.2 Å². The van der Waals surface area contributed by atoms with Crippen LogP contribution in [-0.2, 0) is 20.1 Å². The molecule has 1 aromatic heterocycles. The van der Waals surface area contributed by atoms with Crippen molar-refractivity contribution in [2.45, 2.75) is 38.8 Å². The molecule has 1 saturated heterocycles. The van der Waals surface area contributed by atoms with E-state index in [1.807, 2.05) is 0 Å². The molecule has 0 atom stereocenters. The minimum Gasteiger partial charge on any atom is -0.379 e. The molecule has 25 heavy (non-hydrogen) atoms. The Balaban J connectivity index is 1.71. The molecule has 0 unspecified atom stereocenters. The van der Waals surface area contributed by atoms with E-state index in [1.165, 1.54) is 54.6 Å². The van der Waals surface area contributed by atoms with Crippen LogP contribution in [0.25, 0.3) is 0 Å². The van der Waals surface area contributed by atoms with Crippen molar-refractivity contribution in [3.63, 3.8) is 0 Å². The SMILES string of the molecule is Cn1ncc(NCc2ccccc2CN2CCCCCC2)c(Br)c1=O. The highest BCUT2D eigenvalue weighted by molar-refractivity contribution is 9.10. The van der Waals surface area contributed by atoms with Gasteiger partial charge in [-0.25, -0.2) is 4.68 Å². The van der Waals surface area contributed by atoms with Gasteiger partial charge >= 0.3 is 0 Å². The van der Waals surface area contributed by atoms with Gasteiger partial charge in [-0.15, -0.1) is 0 Å². The van der Waals surface area contributed by atoms with Crippen molar-refractivity contribution in [1.29, 1.82) is 0 Å². The average Bonchev–Trinajstić information content (AvgIpc) is 2.89. The minimum atomic E-state index is -0.136. The molecule has 1 N–H and O–H groups in total. The van der Waals surface area contributed by atoms with Crippen LogP contribution in [-0.4, -0.2) is 27.8 Å². The maximum atomic E-state index is 12.0. The van der Waals surface area contributed by atoms with Gasteiger partial charge in [-0.3, -0.25) is 9.69 Å². The average molecular weight is 405 g/mol. The zero-order valence-electron chi connectivity index (χ0n) is 14.7. The summed E-state index contributed by atoms with van der Waals surface area (Å²) in [4.78, 5) is 14.5. The molecule has 1 fully saturated rings. The van der Waals surface area contributed by atoms with Crippen LogP contribution in [0.3, 0.4) is 0 Å². The molecule has 2 heterocycles. The molecular weight excluding hydrogens is 380 g/mol. The van der Waals surface area contributed by atoms with Crippen molar-refractivity contribution in [3.8, 4) is 0 Å². The van der Waals surface area contributed by atoms with Crippen LogP contribution < -0.4 is 10.9 Å². The summed E-state index contributed by atoms with van der Waals surface area (Å²) in [5.41, 5.74) is 3.21. The Morgan fingerprint density at radius 2 is 1.80 bits per heavy atom. The normalized spacial score (nSPS) is 15.8. The number of hydrogen-bond acceptors (Lipinski definition) is 4. The fourth-order valence-corrected chi connectivity index (χ4v) is 3.74. The number of nitrogens with one attached hydrogen (secondary N) is 1. The van der Waals surface area contributed by atoms with E-state index in [9.17, 15) is 4.79 Å². The Morgan fingerprint density at radius 3 is 2.52 bits per heavy atom. The Morgan fingerprint density at radius 1 is 1.12 bits per heavy atom. The van der Waals surface area contributed by atoms with Crippen LogP contribution in [0.2, 0.25) is 0 Å². The Kier molecular flexibility index (Phi) is 6.26. The highest BCUT2D eigenvalue weighted by Gasteiger charge is 2.12. The number of anilines is 1. The molecule has 2 aromatic rings. The Bertz CT molecular complexity index is 766. The number of nitrogens with zero attached hydrogens (tertiary/aromatic N) is 3. The van der Waals surface area contributed by atoms with Crippen LogP contribution >= 0.6 is 15.9 Å². The maximum absolute atomic E-state index is 12.0. The maximum Gasteiger partial charge on any atom is 0.282 e. The van der Waals surface area contributed by atoms with Gasteiger partial charge in [-0.05, 0) is 53.0 Å². The summed E-state index contributed by atoms with van der Waals surface area (Å²) >= 11 is 3.37. The second kappa shape index (κ2) is 8.63. The van der Waals surface area contributed by atoms with E-state index in [0.29, 0.717) is 11.0 Å². The molecule has 1 aromatic carbocycles. The van der Waals surface area contributed by atoms with Gasteiger partial charge in [-0.2, -0.15) is 5.10 Å². The predicted molar refractivity (Wildman–Crippen MR) is 105 cm³/mol. The minimum absolute atomic E-state index is 0.136. The summed E-state index contributed by atoms with van der Waals surface area (Å²) in [6.45, 7) is 4.04. The van der Waals surface area contributed by atoms with Crippen LogP contribution in [0.5, 0.6) is 0 Å². The Labute approximate surface area is 157 Å². The van der Waals surface area contributed by atoms with Crippen molar-refractivity contribution >= 4 is 21.6 Å². The highest BCUT2D eigenvalue weighted by atomic mass is 79.9. The molecule has 0 radical (unpaired) electrons. The van der Waals surface area contributed by atoms with E-state index in [4.69, 9.17) is 0 Å². The van der Waals surface area contributed by atoms with Crippen LogP contribution in [0, 0.1) is 0 Å². The quantitative estimate of drug-likeness (QED) is 0.827. The lowest BCUT2D eigenvalue weighted by atomic mass is 10.1. The van der Waals surface area contributed by atoms with E-state index in [0.717, 1.165) is 12.2 Å². The first kappa shape index (κ1) is 18.1. The van der Waals surface area contributed by atoms with Crippen molar-refractivity contribution < 1.29 is 0 Å². The van der Waals surface area contributed by atoms with Crippen molar-refractivity contribution in [3.05, 3.63) is 56.4 Å². The van der Waals surface area contributed by atoms with Gasteiger partial charge in [0.25, 0.3) is 5.56 Å². The van der Waals surface area contributed by atoms with E-state index in [1.54, 1.807) is 13.2 Å². The van der Waals surface area contributed by atoms with E-state index >= 15 is 0 Å². The summed E-state index contributed by atoms with van der Waals surface area (Å²) in [6, 6.07) is 8.54. The molecule has 0 saturated carbocycles. The molecule has 0 bridgehead atoms. The predicted octanol–water partition coefficient (Wildman–Crippen LogP) is 3.53. The molecule has 134 valence electrons. The third kappa shape index (κ3) is 4.70. The summed E-state index contributed by atoms with van der Waals surface area (Å²) < 4.78 is 1.85. The monoisotopic (exact) mass is 404 g/mol. The number of benzene rings is 1. The van der Waals surface area contributed by atoms with Gasteiger partial charge in [-0.1, -0.05) is 37.1 Å². The third-order valence-electron chi connectivity index (χ3n) is 4.76. The number of aryl methyl sites for hydroxylation is 1. The second-order valence-corrected chi connectivity index (χ2v) is 7.41. The molecule has 1 aliphatic heterocycles. The molecule has 0 aliphatic carbocycles.